The zero-order chi connectivity index (χ0) is 18.1. The van der Waals surface area contributed by atoms with Crippen LogP contribution in [0.3, 0.4) is 0 Å². The molecule has 0 N–H and O–H groups in total. The van der Waals surface area contributed by atoms with Crippen LogP contribution in [0.15, 0.2) is 23.3 Å². The lowest BCUT2D eigenvalue weighted by Gasteiger charge is -2.22. The van der Waals surface area contributed by atoms with Crippen molar-refractivity contribution in [2.24, 2.45) is 5.10 Å². The molecule has 1 aromatic carbocycles. The second kappa shape index (κ2) is 9.85. The van der Waals surface area contributed by atoms with Crippen LogP contribution in [-0.4, -0.2) is 36.8 Å². The molecular weight excluding hydrogens is 304 g/mol. The summed E-state index contributed by atoms with van der Waals surface area (Å²) in [5.74, 6) is -0.566. The molecular formula is C19H28N2O3. The molecule has 132 valence electrons. The van der Waals surface area contributed by atoms with Gasteiger partial charge in [-0.05, 0) is 30.9 Å². The van der Waals surface area contributed by atoms with Gasteiger partial charge in [-0.25, -0.2) is 5.01 Å². The SMILES string of the molecule is CCC(=O)OCC=NN(C)C(=O)C(CC)c1ccc(C)cc1CC. The molecule has 0 spiro atoms. The van der Waals surface area contributed by atoms with Crippen molar-refractivity contribution < 1.29 is 14.3 Å². The highest BCUT2D eigenvalue weighted by atomic mass is 16.5. The Hall–Kier alpha value is -2.17. The van der Waals surface area contributed by atoms with Gasteiger partial charge in [0.2, 0.25) is 5.91 Å². The second-order valence-electron chi connectivity index (χ2n) is 5.71. The first kappa shape index (κ1) is 19.9. The lowest BCUT2D eigenvalue weighted by atomic mass is 9.89. The van der Waals surface area contributed by atoms with E-state index < -0.39 is 0 Å². The van der Waals surface area contributed by atoms with Crippen LogP contribution in [0.25, 0.3) is 0 Å². The first-order valence-corrected chi connectivity index (χ1v) is 8.49. The molecule has 0 fully saturated rings. The van der Waals surface area contributed by atoms with Crippen LogP contribution in [-0.2, 0) is 20.7 Å². The standard InChI is InChI=1S/C19H28N2O3/c1-6-15-13-14(4)9-10-17(15)16(7-2)19(23)21(5)20-11-12-24-18(22)8-3/h9-11,13,16H,6-8,12H2,1-5H3. The predicted octanol–water partition coefficient (Wildman–Crippen LogP) is 3.45. The van der Waals surface area contributed by atoms with E-state index in [1.54, 1.807) is 14.0 Å². The molecule has 0 aliphatic carbocycles. The minimum Gasteiger partial charge on any atom is -0.460 e. The lowest BCUT2D eigenvalue weighted by Crippen LogP contribution is -2.28. The molecule has 1 aromatic rings. The molecule has 0 saturated heterocycles. The first-order chi connectivity index (χ1) is 11.4. The van der Waals surface area contributed by atoms with Gasteiger partial charge in [-0.1, -0.05) is 44.5 Å². The van der Waals surface area contributed by atoms with Crippen molar-refractivity contribution in [3.8, 4) is 0 Å². The van der Waals surface area contributed by atoms with Crippen molar-refractivity contribution >= 4 is 18.1 Å². The summed E-state index contributed by atoms with van der Waals surface area (Å²) in [5.41, 5.74) is 3.46. The number of carbonyl (C=O) groups excluding carboxylic acids is 2. The van der Waals surface area contributed by atoms with Gasteiger partial charge < -0.3 is 4.74 Å². The Morgan fingerprint density at radius 3 is 2.58 bits per heavy atom. The molecule has 24 heavy (non-hydrogen) atoms. The molecule has 0 aromatic heterocycles. The number of rotatable bonds is 8. The van der Waals surface area contributed by atoms with E-state index in [0.717, 1.165) is 12.0 Å². The fraction of sp³-hybridized carbons (Fsp3) is 0.526. The number of esters is 1. The Morgan fingerprint density at radius 2 is 2.00 bits per heavy atom. The highest BCUT2D eigenvalue weighted by Crippen LogP contribution is 2.26. The molecule has 5 heteroatoms. The van der Waals surface area contributed by atoms with E-state index in [1.807, 2.05) is 19.1 Å². The van der Waals surface area contributed by atoms with Gasteiger partial charge in [0.25, 0.3) is 0 Å². The molecule has 5 nitrogen and oxygen atoms in total. The van der Waals surface area contributed by atoms with Crippen LogP contribution in [0.2, 0.25) is 0 Å². The summed E-state index contributed by atoms with van der Waals surface area (Å²) in [6, 6.07) is 6.22. The topological polar surface area (TPSA) is 59.0 Å². The summed E-state index contributed by atoms with van der Waals surface area (Å²) in [6.07, 6.45) is 3.36. The van der Waals surface area contributed by atoms with Gasteiger partial charge in [0, 0.05) is 13.5 Å². The zero-order valence-corrected chi connectivity index (χ0v) is 15.3. The fourth-order valence-electron chi connectivity index (χ4n) is 2.58. The molecule has 0 aliphatic rings. The van der Waals surface area contributed by atoms with Gasteiger partial charge in [-0.15, -0.1) is 0 Å². The Morgan fingerprint density at radius 1 is 1.29 bits per heavy atom. The number of nitrogens with zero attached hydrogens (tertiary/aromatic N) is 2. The third-order valence-corrected chi connectivity index (χ3v) is 3.94. The first-order valence-electron chi connectivity index (χ1n) is 8.49. The summed E-state index contributed by atoms with van der Waals surface area (Å²) < 4.78 is 4.92. The van der Waals surface area contributed by atoms with Gasteiger partial charge in [0.15, 0.2) is 0 Å². The van der Waals surface area contributed by atoms with Crippen molar-refractivity contribution in [3.63, 3.8) is 0 Å². The van der Waals surface area contributed by atoms with Gasteiger partial charge in [0.1, 0.15) is 6.61 Å². The number of amides is 1. The molecule has 0 bridgehead atoms. The molecule has 0 heterocycles. The van der Waals surface area contributed by atoms with E-state index in [9.17, 15) is 9.59 Å². The van der Waals surface area contributed by atoms with Crippen LogP contribution < -0.4 is 0 Å². The second-order valence-corrected chi connectivity index (χ2v) is 5.71. The smallest absolute Gasteiger partial charge is 0.305 e. The number of likely N-dealkylation sites (N-methyl/N-ethyl adjacent to an activating group) is 1. The molecule has 0 aliphatic heterocycles. The van der Waals surface area contributed by atoms with Crippen molar-refractivity contribution in [1.29, 1.82) is 0 Å². The van der Waals surface area contributed by atoms with E-state index in [2.05, 4.69) is 25.0 Å². The average molecular weight is 332 g/mol. The van der Waals surface area contributed by atoms with Gasteiger partial charge in [-0.2, -0.15) is 5.10 Å². The molecule has 1 atom stereocenters. The lowest BCUT2D eigenvalue weighted by molar-refractivity contribution is -0.141. The number of hydrogen-bond acceptors (Lipinski definition) is 4. The number of ether oxygens (including phenoxy) is 1. The van der Waals surface area contributed by atoms with Crippen LogP contribution in [0.4, 0.5) is 0 Å². The van der Waals surface area contributed by atoms with E-state index in [0.29, 0.717) is 12.8 Å². The van der Waals surface area contributed by atoms with E-state index in [-0.39, 0.29) is 24.4 Å². The summed E-state index contributed by atoms with van der Waals surface area (Å²) in [7, 11) is 1.63. The summed E-state index contributed by atoms with van der Waals surface area (Å²) in [5, 5.41) is 5.41. The van der Waals surface area contributed by atoms with Gasteiger partial charge in [-0.3, -0.25) is 9.59 Å². The van der Waals surface area contributed by atoms with Crippen LogP contribution in [0.1, 0.15) is 56.2 Å². The van der Waals surface area contributed by atoms with Crippen LogP contribution >= 0.6 is 0 Å². The predicted molar refractivity (Wildman–Crippen MR) is 96.1 cm³/mol. The minimum atomic E-state index is -0.283. The highest BCUT2D eigenvalue weighted by molar-refractivity contribution is 5.84. The van der Waals surface area contributed by atoms with Crippen molar-refractivity contribution in [2.75, 3.05) is 13.7 Å². The van der Waals surface area contributed by atoms with Crippen molar-refractivity contribution in [3.05, 3.63) is 34.9 Å². The van der Waals surface area contributed by atoms with Gasteiger partial charge >= 0.3 is 5.97 Å². The molecule has 1 rings (SSSR count). The quantitative estimate of drug-likeness (QED) is 0.416. The Balaban J connectivity index is 2.82. The normalized spacial score (nSPS) is 12.2. The number of hydrogen-bond donors (Lipinski definition) is 0. The Bertz CT molecular complexity index is 596. The number of carbonyl (C=O) groups is 2. The Labute approximate surface area is 144 Å². The summed E-state index contributed by atoms with van der Waals surface area (Å²) in [6.45, 7) is 7.96. The monoisotopic (exact) mass is 332 g/mol. The Kier molecular flexibility index (Phi) is 8.16. The largest absolute Gasteiger partial charge is 0.460 e. The minimum absolute atomic E-state index is 0.0610. The maximum Gasteiger partial charge on any atom is 0.305 e. The number of benzene rings is 1. The van der Waals surface area contributed by atoms with E-state index >= 15 is 0 Å². The molecule has 1 unspecified atom stereocenters. The summed E-state index contributed by atoms with van der Waals surface area (Å²) >= 11 is 0. The maximum atomic E-state index is 12.7. The van der Waals surface area contributed by atoms with Crippen molar-refractivity contribution in [1.82, 2.24) is 5.01 Å². The third kappa shape index (κ3) is 5.48. The van der Waals surface area contributed by atoms with E-state index in [1.165, 1.54) is 22.4 Å². The number of hydrazone groups is 1. The maximum absolute atomic E-state index is 12.7. The van der Waals surface area contributed by atoms with E-state index in [4.69, 9.17) is 4.74 Å². The van der Waals surface area contributed by atoms with Crippen LogP contribution in [0.5, 0.6) is 0 Å². The average Bonchev–Trinajstić information content (AvgIpc) is 2.59. The highest BCUT2D eigenvalue weighted by Gasteiger charge is 2.24. The van der Waals surface area contributed by atoms with Crippen molar-refractivity contribution in [2.45, 2.75) is 52.9 Å². The summed E-state index contributed by atoms with van der Waals surface area (Å²) in [4.78, 5) is 23.8. The number of aryl methyl sites for hydroxylation is 2. The fourth-order valence-corrected chi connectivity index (χ4v) is 2.58. The third-order valence-electron chi connectivity index (χ3n) is 3.94. The van der Waals surface area contributed by atoms with Crippen LogP contribution in [0, 0.1) is 6.92 Å². The molecule has 1 amide bonds. The van der Waals surface area contributed by atoms with Gasteiger partial charge in [0.05, 0.1) is 12.1 Å². The molecule has 0 saturated carbocycles. The molecule has 0 radical (unpaired) electrons. The zero-order valence-electron chi connectivity index (χ0n) is 15.3.